The second-order valence-electron chi connectivity index (χ2n) is 5.45. The molecule has 1 unspecified atom stereocenters. The predicted molar refractivity (Wildman–Crippen MR) is 68.4 cm³/mol. The zero-order valence-corrected chi connectivity index (χ0v) is 11.3. The van der Waals surface area contributed by atoms with Gasteiger partial charge in [-0.2, -0.15) is 0 Å². The third kappa shape index (κ3) is 4.42. The van der Waals surface area contributed by atoms with Gasteiger partial charge >= 0.3 is 12.0 Å². The number of likely N-dealkylation sites (tertiary alicyclic amines) is 1. The molecule has 0 spiro atoms. The molecule has 0 bridgehead atoms. The number of primary amides is 1. The second-order valence-corrected chi connectivity index (χ2v) is 5.45. The second kappa shape index (κ2) is 5.90. The molecule has 7 heteroatoms. The summed E-state index contributed by atoms with van der Waals surface area (Å²) < 4.78 is 0. The number of aliphatic carboxylic acids is 1. The van der Waals surface area contributed by atoms with Gasteiger partial charge in [0.2, 0.25) is 5.91 Å². The molecule has 19 heavy (non-hydrogen) atoms. The third-order valence-electron chi connectivity index (χ3n) is 3.37. The van der Waals surface area contributed by atoms with Crippen molar-refractivity contribution in [3.05, 3.63) is 0 Å². The first kappa shape index (κ1) is 15.3. The van der Waals surface area contributed by atoms with Gasteiger partial charge in [0.05, 0.1) is 0 Å². The summed E-state index contributed by atoms with van der Waals surface area (Å²) in [6.07, 6.45) is 1.48. The largest absolute Gasteiger partial charge is 0.481 e. The lowest BCUT2D eigenvalue weighted by Gasteiger charge is -2.26. The molecule has 0 aromatic heterocycles. The maximum atomic E-state index is 11.9. The predicted octanol–water partition coefficient (Wildman–Crippen LogP) is 0.147. The highest BCUT2D eigenvalue weighted by molar-refractivity contribution is 5.89. The summed E-state index contributed by atoms with van der Waals surface area (Å²) in [5.41, 5.74) is 4.10. The molecule has 0 aromatic carbocycles. The fourth-order valence-corrected chi connectivity index (χ4v) is 1.99. The van der Waals surface area contributed by atoms with E-state index in [1.165, 1.54) is 0 Å². The van der Waals surface area contributed by atoms with Crippen LogP contribution >= 0.6 is 0 Å². The van der Waals surface area contributed by atoms with E-state index in [4.69, 9.17) is 10.8 Å². The highest BCUT2D eigenvalue weighted by Gasteiger charge is 2.32. The van der Waals surface area contributed by atoms with E-state index in [1.54, 1.807) is 18.7 Å². The Hall–Kier alpha value is -1.79. The number of carbonyl (C=O) groups is 3. The van der Waals surface area contributed by atoms with Crippen LogP contribution in [0.5, 0.6) is 0 Å². The van der Waals surface area contributed by atoms with Crippen molar-refractivity contribution >= 4 is 17.9 Å². The Bertz CT molecular complexity index is 381. The molecule has 1 rings (SSSR count). The van der Waals surface area contributed by atoms with Crippen molar-refractivity contribution in [3.63, 3.8) is 0 Å². The van der Waals surface area contributed by atoms with Crippen molar-refractivity contribution in [1.82, 2.24) is 10.2 Å². The van der Waals surface area contributed by atoms with Crippen LogP contribution in [0.2, 0.25) is 0 Å². The maximum absolute atomic E-state index is 11.9. The first-order valence-corrected chi connectivity index (χ1v) is 6.31. The van der Waals surface area contributed by atoms with Gasteiger partial charge in [0.15, 0.2) is 0 Å². The number of carboxylic acids is 1. The quantitative estimate of drug-likeness (QED) is 0.660. The number of urea groups is 1. The Morgan fingerprint density at radius 1 is 1.42 bits per heavy atom. The molecule has 0 saturated carbocycles. The molecule has 1 fully saturated rings. The highest BCUT2D eigenvalue weighted by Crippen LogP contribution is 2.21. The minimum absolute atomic E-state index is 0.118. The average molecular weight is 271 g/mol. The van der Waals surface area contributed by atoms with E-state index in [9.17, 15) is 14.4 Å². The van der Waals surface area contributed by atoms with Crippen molar-refractivity contribution in [3.8, 4) is 0 Å². The molecule has 1 aliphatic heterocycles. The molecular weight excluding hydrogens is 250 g/mol. The van der Waals surface area contributed by atoms with Crippen molar-refractivity contribution in [2.24, 2.45) is 11.7 Å². The maximum Gasteiger partial charge on any atom is 0.318 e. The summed E-state index contributed by atoms with van der Waals surface area (Å²) in [5, 5.41) is 11.2. The van der Waals surface area contributed by atoms with E-state index in [0.717, 1.165) is 6.42 Å². The van der Waals surface area contributed by atoms with Gasteiger partial charge in [0, 0.05) is 19.5 Å². The molecular formula is C12H21N3O4. The number of hydrogen-bond donors (Lipinski definition) is 3. The van der Waals surface area contributed by atoms with Gasteiger partial charge in [-0.25, -0.2) is 4.79 Å². The normalized spacial score (nSPS) is 19.3. The average Bonchev–Trinajstić information content (AvgIpc) is 2.74. The molecule has 0 radical (unpaired) electrons. The van der Waals surface area contributed by atoms with Crippen LogP contribution in [-0.4, -0.2) is 46.5 Å². The van der Waals surface area contributed by atoms with Gasteiger partial charge in [0.1, 0.15) is 5.54 Å². The number of nitrogens with one attached hydrogen (secondary N) is 1. The summed E-state index contributed by atoms with van der Waals surface area (Å²) >= 11 is 0. The van der Waals surface area contributed by atoms with Crippen LogP contribution in [0.3, 0.4) is 0 Å². The van der Waals surface area contributed by atoms with E-state index in [2.05, 4.69) is 5.32 Å². The number of nitrogens with two attached hydrogens (primary N) is 1. The standard InChI is InChI=1S/C12H21N3O4/c1-12(2,10(13)18)14-11(19)15-6-5-8(7-15)3-4-9(16)17/h8H,3-7H2,1-2H3,(H2,13,18)(H,14,19)(H,16,17). The molecule has 1 heterocycles. The molecule has 108 valence electrons. The summed E-state index contributed by atoms with van der Waals surface area (Å²) in [5.74, 6) is -1.21. The van der Waals surface area contributed by atoms with Gasteiger partial charge in [-0.15, -0.1) is 0 Å². The molecule has 4 N–H and O–H groups in total. The lowest BCUT2D eigenvalue weighted by Crippen LogP contribution is -2.56. The zero-order valence-electron chi connectivity index (χ0n) is 11.3. The summed E-state index contributed by atoms with van der Waals surface area (Å²) in [6.45, 7) is 4.19. The smallest absolute Gasteiger partial charge is 0.318 e. The minimum Gasteiger partial charge on any atom is -0.481 e. The number of hydrogen-bond acceptors (Lipinski definition) is 3. The lowest BCUT2D eigenvalue weighted by molar-refractivity contribution is -0.137. The molecule has 1 aliphatic rings. The zero-order chi connectivity index (χ0) is 14.6. The Labute approximate surface area is 112 Å². The van der Waals surface area contributed by atoms with Crippen molar-refractivity contribution < 1.29 is 19.5 Å². The van der Waals surface area contributed by atoms with E-state index in [0.29, 0.717) is 19.5 Å². The fraction of sp³-hybridized carbons (Fsp3) is 0.750. The number of carbonyl (C=O) groups excluding carboxylic acids is 2. The van der Waals surface area contributed by atoms with Crippen LogP contribution in [0.1, 0.15) is 33.1 Å². The van der Waals surface area contributed by atoms with Crippen LogP contribution in [0.25, 0.3) is 0 Å². The molecule has 0 aromatic rings. The fourth-order valence-electron chi connectivity index (χ4n) is 1.99. The Morgan fingerprint density at radius 3 is 2.58 bits per heavy atom. The summed E-state index contributed by atoms with van der Waals surface area (Å²) in [7, 11) is 0. The van der Waals surface area contributed by atoms with E-state index >= 15 is 0 Å². The van der Waals surface area contributed by atoms with E-state index in [-0.39, 0.29) is 18.4 Å². The van der Waals surface area contributed by atoms with Gasteiger partial charge in [0.25, 0.3) is 0 Å². The minimum atomic E-state index is -1.09. The lowest BCUT2D eigenvalue weighted by atomic mass is 10.0. The molecule has 1 saturated heterocycles. The Morgan fingerprint density at radius 2 is 2.05 bits per heavy atom. The summed E-state index contributed by atoms with van der Waals surface area (Å²) in [6, 6.07) is -0.332. The van der Waals surface area contributed by atoms with Gasteiger partial charge in [-0.05, 0) is 32.6 Å². The van der Waals surface area contributed by atoms with E-state index < -0.39 is 17.4 Å². The Balaban J connectivity index is 2.44. The molecule has 0 aliphatic carbocycles. The number of carboxylic acid groups (broad SMARTS) is 1. The third-order valence-corrected chi connectivity index (χ3v) is 3.37. The molecule has 3 amide bonds. The van der Waals surface area contributed by atoms with Crippen molar-refractivity contribution in [2.75, 3.05) is 13.1 Å². The van der Waals surface area contributed by atoms with Crippen LogP contribution in [0.4, 0.5) is 4.79 Å². The first-order chi connectivity index (χ1) is 8.72. The Kier molecular flexibility index (Phi) is 4.74. The highest BCUT2D eigenvalue weighted by atomic mass is 16.4. The summed E-state index contributed by atoms with van der Waals surface area (Å²) in [4.78, 5) is 35.2. The molecule has 1 atom stereocenters. The number of nitrogens with zero attached hydrogens (tertiary/aromatic N) is 1. The topological polar surface area (TPSA) is 113 Å². The molecule has 7 nitrogen and oxygen atoms in total. The van der Waals surface area contributed by atoms with Crippen molar-refractivity contribution in [2.45, 2.75) is 38.6 Å². The number of rotatable bonds is 5. The van der Waals surface area contributed by atoms with Gasteiger partial charge in [-0.3, -0.25) is 9.59 Å². The van der Waals surface area contributed by atoms with E-state index in [1.807, 2.05) is 0 Å². The van der Waals surface area contributed by atoms with Crippen molar-refractivity contribution in [1.29, 1.82) is 0 Å². The van der Waals surface area contributed by atoms with Gasteiger partial charge < -0.3 is 21.1 Å². The number of amides is 3. The SMILES string of the molecule is CC(C)(NC(=O)N1CCC(CCC(=O)O)C1)C(N)=O. The van der Waals surface area contributed by atoms with Crippen LogP contribution in [-0.2, 0) is 9.59 Å². The van der Waals surface area contributed by atoms with Crippen LogP contribution in [0.15, 0.2) is 0 Å². The first-order valence-electron chi connectivity index (χ1n) is 6.31. The van der Waals surface area contributed by atoms with Crippen LogP contribution in [0, 0.1) is 5.92 Å². The van der Waals surface area contributed by atoms with Crippen LogP contribution < -0.4 is 11.1 Å². The van der Waals surface area contributed by atoms with Gasteiger partial charge in [-0.1, -0.05) is 0 Å². The monoisotopic (exact) mass is 271 g/mol.